The Balaban J connectivity index is 1.84. The molecular formula is C31H51NO3. The summed E-state index contributed by atoms with van der Waals surface area (Å²) in [4.78, 5) is 27.2. The Morgan fingerprint density at radius 3 is 1.89 bits per heavy atom. The van der Waals surface area contributed by atoms with E-state index in [1.54, 1.807) is 0 Å². The number of benzene rings is 1. The van der Waals surface area contributed by atoms with E-state index in [2.05, 4.69) is 26.0 Å². The number of imide groups is 1. The molecule has 1 heterocycles. The Bertz CT molecular complexity index is 672. The van der Waals surface area contributed by atoms with Crippen LogP contribution in [0, 0.1) is 5.92 Å². The average Bonchev–Trinajstić information content (AvgIpc) is 3.23. The van der Waals surface area contributed by atoms with Crippen molar-refractivity contribution in [3.63, 3.8) is 0 Å². The van der Waals surface area contributed by atoms with E-state index < -0.39 is 6.09 Å². The SMILES string of the molecule is CCCCCCCCCC(CCCCCCCCC)CC(=O)N1C(=O)OC[C@H]1Cc1ccccc1. The standard InChI is InChI=1S/C31H51NO3/c1-3-5-7-9-11-13-16-22-28(23-17-14-12-10-8-6-4-2)25-30(33)32-29(26-35-31(32)34)24-27-20-18-15-19-21-27/h15,18-21,28-29H,3-14,16-17,22-26H2,1-2H3/t29-/m1/s1. The Kier molecular flexibility index (Phi) is 15.5. The summed E-state index contributed by atoms with van der Waals surface area (Å²) < 4.78 is 5.31. The molecule has 2 rings (SSSR count). The molecule has 2 amide bonds. The summed E-state index contributed by atoms with van der Waals surface area (Å²) in [7, 11) is 0. The molecule has 1 atom stereocenters. The number of amides is 2. The molecule has 0 N–H and O–H groups in total. The van der Waals surface area contributed by atoms with Crippen molar-refractivity contribution in [3.8, 4) is 0 Å². The van der Waals surface area contributed by atoms with Gasteiger partial charge in [-0.1, -0.05) is 134 Å². The van der Waals surface area contributed by atoms with Gasteiger partial charge in [-0.2, -0.15) is 0 Å². The molecule has 1 aliphatic heterocycles. The molecule has 1 saturated heterocycles. The van der Waals surface area contributed by atoms with Gasteiger partial charge in [-0.3, -0.25) is 4.79 Å². The van der Waals surface area contributed by atoms with Crippen LogP contribution in [0.1, 0.15) is 129 Å². The van der Waals surface area contributed by atoms with Crippen molar-refractivity contribution in [1.82, 2.24) is 4.90 Å². The molecule has 0 radical (unpaired) electrons. The summed E-state index contributed by atoms with van der Waals surface area (Å²) in [5.74, 6) is 0.337. The van der Waals surface area contributed by atoms with Crippen molar-refractivity contribution >= 4 is 12.0 Å². The second kappa shape index (κ2) is 18.4. The van der Waals surface area contributed by atoms with Crippen LogP contribution in [0.3, 0.4) is 0 Å². The fourth-order valence-corrected chi connectivity index (χ4v) is 5.28. The Morgan fingerprint density at radius 1 is 0.829 bits per heavy atom. The predicted octanol–water partition coefficient (Wildman–Crippen LogP) is 8.86. The first-order valence-electron chi connectivity index (χ1n) is 14.7. The number of ether oxygens (including phenoxy) is 1. The van der Waals surface area contributed by atoms with Gasteiger partial charge in [0.15, 0.2) is 0 Å². The maximum Gasteiger partial charge on any atom is 0.416 e. The molecule has 0 saturated carbocycles. The molecule has 35 heavy (non-hydrogen) atoms. The first-order valence-corrected chi connectivity index (χ1v) is 14.7. The molecule has 1 aliphatic rings. The fraction of sp³-hybridized carbons (Fsp3) is 0.742. The molecule has 4 heteroatoms. The number of cyclic esters (lactones) is 1. The van der Waals surface area contributed by atoms with Crippen molar-refractivity contribution in [2.75, 3.05) is 6.61 Å². The Hall–Kier alpha value is -1.84. The molecule has 1 aromatic carbocycles. The van der Waals surface area contributed by atoms with Gasteiger partial charge >= 0.3 is 6.09 Å². The van der Waals surface area contributed by atoms with E-state index in [4.69, 9.17) is 4.74 Å². The van der Waals surface area contributed by atoms with Crippen LogP contribution >= 0.6 is 0 Å². The lowest BCUT2D eigenvalue weighted by molar-refractivity contribution is -0.130. The van der Waals surface area contributed by atoms with Crippen molar-refractivity contribution in [1.29, 1.82) is 0 Å². The molecule has 0 unspecified atom stereocenters. The number of carbonyl (C=O) groups excluding carboxylic acids is 2. The van der Waals surface area contributed by atoms with Crippen LogP contribution in [-0.2, 0) is 16.0 Å². The monoisotopic (exact) mass is 485 g/mol. The maximum absolute atomic E-state index is 13.3. The molecule has 0 aliphatic carbocycles. The van der Waals surface area contributed by atoms with E-state index in [1.807, 2.05) is 18.2 Å². The van der Waals surface area contributed by atoms with Crippen molar-refractivity contribution < 1.29 is 14.3 Å². The average molecular weight is 486 g/mol. The number of rotatable bonds is 20. The minimum Gasteiger partial charge on any atom is -0.447 e. The van der Waals surface area contributed by atoms with Crippen LogP contribution < -0.4 is 0 Å². The molecule has 1 fully saturated rings. The summed E-state index contributed by atoms with van der Waals surface area (Å²) in [6.07, 6.45) is 21.0. The van der Waals surface area contributed by atoms with E-state index in [1.165, 1.54) is 94.8 Å². The molecule has 1 aromatic rings. The highest BCUT2D eigenvalue weighted by Crippen LogP contribution is 2.26. The Morgan fingerprint density at radius 2 is 1.34 bits per heavy atom. The van der Waals surface area contributed by atoms with Crippen LogP contribution in [0.4, 0.5) is 4.79 Å². The normalized spacial score (nSPS) is 15.7. The van der Waals surface area contributed by atoms with E-state index in [0.29, 0.717) is 25.4 Å². The van der Waals surface area contributed by atoms with Gasteiger partial charge in [0, 0.05) is 6.42 Å². The summed E-state index contributed by atoms with van der Waals surface area (Å²) in [5, 5.41) is 0. The fourth-order valence-electron chi connectivity index (χ4n) is 5.28. The van der Waals surface area contributed by atoms with Gasteiger partial charge in [-0.25, -0.2) is 9.69 Å². The summed E-state index contributed by atoms with van der Waals surface area (Å²) in [5.41, 5.74) is 1.14. The molecular weight excluding hydrogens is 434 g/mol. The number of hydrogen-bond donors (Lipinski definition) is 0. The largest absolute Gasteiger partial charge is 0.447 e. The first kappa shape index (κ1) is 29.4. The van der Waals surface area contributed by atoms with Gasteiger partial charge in [-0.05, 0) is 30.7 Å². The van der Waals surface area contributed by atoms with E-state index in [-0.39, 0.29) is 11.9 Å². The lowest BCUT2D eigenvalue weighted by Crippen LogP contribution is -2.41. The quantitative estimate of drug-likeness (QED) is 0.173. The van der Waals surface area contributed by atoms with Gasteiger partial charge in [0.1, 0.15) is 6.61 Å². The smallest absolute Gasteiger partial charge is 0.416 e. The third kappa shape index (κ3) is 12.1. The highest BCUT2D eigenvalue weighted by atomic mass is 16.6. The molecule has 0 spiro atoms. The van der Waals surface area contributed by atoms with Gasteiger partial charge in [0.2, 0.25) is 5.91 Å². The van der Waals surface area contributed by atoms with Gasteiger partial charge in [-0.15, -0.1) is 0 Å². The minimum atomic E-state index is -0.457. The summed E-state index contributed by atoms with van der Waals surface area (Å²) >= 11 is 0. The summed E-state index contributed by atoms with van der Waals surface area (Å²) in [6, 6.07) is 9.90. The third-order valence-corrected chi connectivity index (χ3v) is 7.44. The van der Waals surface area contributed by atoms with Gasteiger partial charge in [0.05, 0.1) is 6.04 Å². The highest BCUT2D eigenvalue weighted by molar-refractivity contribution is 5.93. The number of carbonyl (C=O) groups is 2. The van der Waals surface area contributed by atoms with Gasteiger partial charge < -0.3 is 4.74 Å². The zero-order chi connectivity index (χ0) is 25.1. The van der Waals surface area contributed by atoms with Crippen LogP contribution in [0.2, 0.25) is 0 Å². The molecule has 198 valence electrons. The van der Waals surface area contributed by atoms with E-state index in [9.17, 15) is 9.59 Å². The first-order chi connectivity index (χ1) is 17.2. The van der Waals surface area contributed by atoms with Crippen LogP contribution in [-0.4, -0.2) is 29.5 Å². The minimum absolute atomic E-state index is 0.0377. The van der Waals surface area contributed by atoms with E-state index >= 15 is 0 Å². The second-order valence-corrected chi connectivity index (χ2v) is 10.6. The molecule has 0 aromatic heterocycles. The van der Waals surface area contributed by atoms with Crippen LogP contribution in [0.25, 0.3) is 0 Å². The zero-order valence-electron chi connectivity index (χ0n) is 22.6. The lowest BCUT2D eigenvalue weighted by atomic mass is 9.90. The number of nitrogens with zero attached hydrogens (tertiary/aromatic N) is 1. The third-order valence-electron chi connectivity index (χ3n) is 7.44. The number of hydrogen-bond acceptors (Lipinski definition) is 3. The maximum atomic E-state index is 13.3. The highest BCUT2D eigenvalue weighted by Gasteiger charge is 2.38. The Labute approximate surface area is 215 Å². The molecule has 4 nitrogen and oxygen atoms in total. The number of unbranched alkanes of at least 4 members (excludes halogenated alkanes) is 12. The zero-order valence-corrected chi connectivity index (χ0v) is 22.6. The second-order valence-electron chi connectivity index (χ2n) is 10.6. The molecule has 0 bridgehead atoms. The summed E-state index contributed by atoms with van der Waals surface area (Å²) in [6.45, 7) is 4.82. The van der Waals surface area contributed by atoms with Crippen LogP contribution in [0.15, 0.2) is 30.3 Å². The topological polar surface area (TPSA) is 46.6 Å². The van der Waals surface area contributed by atoms with Gasteiger partial charge in [0.25, 0.3) is 0 Å². The van der Waals surface area contributed by atoms with Crippen molar-refractivity contribution in [2.45, 2.75) is 135 Å². The predicted molar refractivity (Wildman–Crippen MR) is 145 cm³/mol. The van der Waals surface area contributed by atoms with Crippen molar-refractivity contribution in [3.05, 3.63) is 35.9 Å². The van der Waals surface area contributed by atoms with E-state index in [0.717, 1.165) is 18.4 Å². The van der Waals surface area contributed by atoms with Crippen LogP contribution in [0.5, 0.6) is 0 Å². The lowest BCUT2D eigenvalue weighted by Gasteiger charge is -2.23. The van der Waals surface area contributed by atoms with Crippen molar-refractivity contribution in [2.24, 2.45) is 5.92 Å².